The van der Waals surface area contributed by atoms with E-state index in [4.69, 9.17) is 5.73 Å². The number of benzene rings is 2. The van der Waals surface area contributed by atoms with Gasteiger partial charge in [-0.25, -0.2) is 0 Å². The van der Waals surface area contributed by atoms with Gasteiger partial charge in [0.2, 0.25) is 5.91 Å². The van der Waals surface area contributed by atoms with Crippen LogP contribution < -0.4 is 16.4 Å². The fourth-order valence-electron chi connectivity index (χ4n) is 2.10. The topological polar surface area (TPSA) is 79.5 Å². The minimum absolute atomic E-state index is 0. The highest BCUT2D eigenvalue weighted by molar-refractivity contribution is 14.0. The van der Waals surface area contributed by atoms with Crippen molar-refractivity contribution in [3.05, 3.63) is 65.7 Å². The summed E-state index contributed by atoms with van der Waals surface area (Å²) in [5, 5.41) is 6.50. The summed E-state index contributed by atoms with van der Waals surface area (Å²) in [6.45, 7) is 1.38. The molecule has 1 amide bonds. The van der Waals surface area contributed by atoms with Gasteiger partial charge in [0.15, 0.2) is 5.96 Å². The molecule has 0 aliphatic rings. The molecule has 7 heteroatoms. The molecule has 5 nitrogen and oxygen atoms in total. The minimum atomic E-state index is -0.419. The fourth-order valence-corrected chi connectivity index (χ4v) is 2.89. The summed E-state index contributed by atoms with van der Waals surface area (Å²) in [5.74, 6) is 1.26. The maximum absolute atomic E-state index is 11.2. The third kappa shape index (κ3) is 7.78. The molecule has 0 bridgehead atoms. The zero-order valence-corrected chi connectivity index (χ0v) is 17.2. The first-order valence-corrected chi connectivity index (χ1v) is 8.68. The van der Waals surface area contributed by atoms with Crippen LogP contribution in [0.1, 0.15) is 15.9 Å². The molecule has 0 radical (unpaired) electrons. The van der Waals surface area contributed by atoms with Gasteiger partial charge >= 0.3 is 0 Å². The van der Waals surface area contributed by atoms with Crippen LogP contribution in [0.5, 0.6) is 0 Å². The molecule has 25 heavy (non-hydrogen) atoms. The van der Waals surface area contributed by atoms with Crippen LogP contribution in [0.3, 0.4) is 0 Å². The predicted octanol–water partition coefficient (Wildman–Crippen LogP) is 2.86. The third-order valence-electron chi connectivity index (χ3n) is 3.30. The van der Waals surface area contributed by atoms with Crippen molar-refractivity contribution in [3.8, 4) is 0 Å². The van der Waals surface area contributed by atoms with Crippen LogP contribution in [0.2, 0.25) is 0 Å². The Labute approximate surface area is 169 Å². The van der Waals surface area contributed by atoms with E-state index in [0.29, 0.717) is 12.1 Å². The molecule has 2 aromatic carbocycles. The Balaban J connectivity index is 0.00000312. The molecule has 0 aliphatic heterocycles. The lowest BCUT2D eigenvalue weighted by atomic mass is 10.1. The Hall–Kier alpha value is -1.74. The molecule has 0 aliphatic carbocycles. The van der Waals surface area contributed by atoms with Crippen molar-refractivity contribution in [3.63, 3.8) is 0 Å². The number of hydrogen-bond donors (Lipinski definition) is 3. The standard InChI is InChI=1S/C18H22N4OS.HI/c1-20-18(21-10-11-24-16-8-3-2-4-9-16)22-13-14-6-5-7-15(12-14)17(19)23;/h2-9,12H,10-11,13H2,1H3,(H2,19,23)(H2,20,21,22);1H. The quantitative estimate of drug-likeness (QED) is 0.191. The van der Waals surface area contributed by atoms with Crippen LogP contribution in [0.25, 0.3) is 0 Å². The van der Waals surface area contributed by atoms with E-state index in [1.165, 1.54) is 4.90 Å². The minimum Gasteiger partial charge on any atom is -0.366 e. The van der Waals surface area contributed by atoms with E-state index in [0.717, 1.165) is 23.8 Å². The summed E-state index contributed by atoms with van der Waals surface area (Å²) >= 11 is 1.80. The zero-order valence-electron chi connectivity index (χ0n) is 14.1. The fraction of sp³-hybridized carbons (Fsp3) is 0.222. The molecule has 0 saturated heterocycles. The van der Waals surface area contributed by atoms with Crippen LogP contribution in [-0.2, 0) is 6.54 Å². The lowest BCUT2D eigenvalue weighted by Gasteiger charge is -2.12. The van der Waals surface area contributed by atoms with Crippen molar-refractivity contribution in [1.29, 1.82) is 0 Å². The number of aliphatic imine (C=N–C) groups is 1. The largest absolute Gasteiger partial charge is 0.366 e. The monoisotopic (exact) mass is 470 g/mol. The highest BCUT2D eigenvalue weighted by Crippen LogP contribution is 2.15. The summed E-state index contributed by atoms with van der Waals surface area (Å²) in [6.07, 6.45) is 0. The number of carbonyl (C=O) groups is 1. The number of nitrogens with two attached hydrogens (primary N) is 1. The van der Waals surface area contributed by atoms with E-state index in [-0.39, 0.29) is 24.0 Å². The van der Waals surface area contributed by atoms with Gasteiger partial charge in [0.25, 0.3) is 0 Å². The van der Waals surface area contributed by atoms with Crippen molar-refractivity contribution in [1.82, 2.24) is 10.6 Å². The Morgan fingerprint density at radius 2 is 1.88 bits per heavy atom. The van der Waals surface area contributed by atoms with E-state index in [2.05, 4.69) is 27.8 Å². The van der Waals surface area contributed by atoms with Gasteiger partial charge in [-0.2, -0.15) is 0 Å². The SMILES string of the molecule is CN=C(NCCSc1ccccc1)NCc1cccc(C(N)=O)c1.I. The first-order chi connectivity index (χ1) is 11.7. The lowest BCUT2D eigenvalue weighted by molar-refractivity contribution is 0.1000. The molecule has 0 atom stereocenters. The number of primary amides is 1. The van der Waals surface area contributed by atoms with Crippen molar-refractivity contribution < 1.29 is 4.79 Å². The molecular formula is C18H23IN4OS. The van der Waals surface area contributed by atoms with Gasteiger partial charge in [0, 0.05) is 36.3 Å². The summed E-state index contributed by atoms with van der Waals surface area (Å²) in [4.78, 5) is 16.7. The van der Waals surface area contributed by atoms with Crippen LogP contribution in [0.15, 0.2) is 64.5 Å². The number of amides is 1. The van der Waals surface area contributed by atoms with Crippen LogP contribution >= 0.6 is 35.7 Å². The summed E-state index contributed by atoms with van der Waals surface area (Å²) in [6, 6.07) is 17.6. The summed E-state index contributed by atoms with van der Waals surface area (Å²) in [5.41, 5.74) is 6.79. The average Bonchev–Trinajstić information content (AvgIpc) is 2.62. The van der Waals surface area contributed by atoms with Gasteiger partial charge in [-0.05, 0) is 29.8 Å². The molecule has 2 rings (SSSR count). The molecule has 0 heterocycles. The summed E-state index contributed by atoms with van der Waals surface area (Å²) in [7, 11) is 1.74. The van der Waals surface area contributed by atoms with Gasteiger partial charge in [-0.1, -0.05) is 30.3 Å². The van der Waals surface area contributed by atoms with Crippen LogP contribution in [0.4, 0.5) is 0 Å². The van der Waals surface area contributed by atoms with Crippen LogP contribution in [0, 0.1) is 0 Å². The number of nitrogens with zero attached hydrogens (tertiary/aromatic N) is 1. The second kappa shape index (κ2) is 11.8. The highest BCUT2D eigenvalue weighted by Gasteiger charge is 2.02. The molecule has 0 aromatic heterocycles. The predicted molar refractivity (Wildman–Crippen MR) is 116 cm³/mol. The molecule has 0 saturated carbocycles. The number of guanidine groups is 1. The Bertz CT molecular complexity index is 694. The number of rotatable bonds is 7. The number of halogens is 1. The normalized spacial score (nSPS) is 10.7. The molecule has 4 N–H and O–H groups in total. The Morgan fingerprint density at radius 1 is 1.12 bits per heavy atom. The molecule has 2 aromatic rings. The number of hydrogen-bond acceptors (Lipinski definition) is 3. The van der Waals surface area contributed by atoms with Gasteiger partial charge in [-0.3, -0.25) is 9.79 Å². The molecular weight excluding hydrogens is 447 g/mol. The molecule has 0 fully saturated rings. The molecule has 134 valence electrons. The van der Waals surface area contributed by atoms with E-state index in [1.807, 2.05) is 30.3 Å². The number of carbonyl (C=O) groups excluding carboxylic acids is 1. The zero-order chi connectivity index (χ0) is 17.2. The average molecular weight is 470 g/mol. The van der Waals surface area contributed by atoms with Crippen molar-refractivity contribution in [2.75, 3.05) is 19.3 Å². The van der Waals surface area contributed by atoms with E-state index >= 15 is 0 Å². The van der Waals surface area contributed by atoms with Crippen LogP contribution in [-0.4, -0.2) is 31.2 Å². The Morgan fingerprint density at radius 3 is 2.56 bits per heavy atom. The maximum atomic E-state index is 11.2. The first-order valence-electron chi connectivity index (χ1n) is 7.70. The van der Waals surface area contributed by atoms with Crippen molar-refractivity contribution in [2.45, 2.75) is 11.4 Å². The lowest BCUT2D eigenvalue weighted by Crippen LogP contribution is -2.38. The summed E-state index contributed by atoms with van der Waals surface area (Å²) < 4.78 is 0. The molecule has 0 unspecified atom stereocenters. The van der Waals surface area contributed by atoms with Gasteiger partial charge in [0.05, 0.1) is 0 Å². The number of thioether (sulfide) groups is 1. The third-order valence-corrected chi connectivity index (χ3v) is 4.32. The smallest absolute Gasteiger partial charge is 0.248 e. The van der Waals surface area contributed by atoms with Gasteiger partial charge in [-0.15, -0.1) is 35.7 Å². The maximum Gasteiger partial charge on any atom is 0.248 e. The molecule has 0 spiro atoms. The highest BCUT2D eigenvalue weighted by atomic mass is 127. The Kier molecular flexibility index (Phi) is 10.0. The van der Waals surface area contributed by atoms with Gasteiger partial charge in [0.1, 0.15) is 0 Å². The first kappa shape index (κ1) is 21.3. The second-order valence-corrected chi connectivity index (χ2v) is 6.25. The van der Waals surface area contributed by atoms with Gasteiger partial charge < -0.3 is 16.4 Å². The second-order valence-electron chi connectivity index (χ2n) is 5.08. The van der Waals surface area contributed by atoms with E-state index in [9.17, 15) is 4.79 Å². The number of nitrogens with one attached hydrogen (secondary N) is 2. The van der Waals surface area contributed by atoms with Crippen molar-refractivity contribution >= 4 is 47.6 Å². The van der Waals surface area contributed by atoms with E-state index < -0.39 is 5.91 Å². The van der Waals surface area contributed by atoms with E-state index in [1.54, 1.807) is 30.9 Å². The van der Waals surface area contributed by atoms with Crippen molar-refractivity contribution in [2.24, 2.45) is 10.7 Å².